The molecule has 1 atom stereocenters. The van der Waals surface area contributed by atoms with E-state index in [-0.39, 0.29) is 17.0 Å². The third-order valence-corrected chi connectivity index (χ3v) is 1.82. The summed E-state index contributed by atoms with van der Waals surface area (Å²) in [5.41, 5.74) is 4.90. The van der Waals surface area contributed by atoms with E-state index in [9.17, 15) is 4.79 Å². The van der Waals surface area contributed by atoms with Crippen molar-refractivity contribution in [2.75, 3.05) is 0 Å². The van der Waals surface area contributed by atoms with Crippen molar-refractivity contribution in [1.29, 1.82) is 0 Å². The number of carboxylic acid groups (broad SMARTS) is 1. The lowest BCUT2D eigenvalue weighted by molar-refractivity contribution is -0.143. The van der Waals surface area contributed by atoms with E-state index in [4.69, 9.17) is 10.8 Å². The van der Waals surface area contributed by atoms with Crippen LogP contribution >= 0.6 is 17.0 Å². The first-order valence-corrected chi connectivity index (χ1v) is 3.63. The molecule has 72 valence electrons. The first kappa shape index (κ1) is 12.1. The maximum absolute atomic E-state index is 10.7. The van der Waals surface area contributed by atoms with Crippen LogP contribution in [-0.2, 0) is 10.3 Å². The summed E-state index contributed by atoms with van der Waals surface area (Å²) in [5.74, 6) is -1.02. The summed E-state index contributed by atoms with van der Waals surface area (Å²) in [5, 5.41) is 8.77. The summed E-state index contributed by atoms with van der Waals surface area (Å²) in [7, 11) is 0. The van der Waals surface area contributed by atoms with Gasteiger partial charge in [0, 0.05) is 0 Å². The molecule has 0 aliphatic carbocycles. The van der Waals surface area contributed by atoms with Crippen LogP contribution in [0.25, 0.3) is 0 Å². The molecule has 13 heavy (non-hydrogen) atoms. The topological polar surface area (TPSA) is 63.3 Å². The molecule has 0 bridgehead atoms. The molecule has 0 aliphatic rings. The molecule has 1 rings (SSSR count). The Bertz CT molecular complexity index is 285. The Labute approximate surface area is 87.3 Å². The minimum absolute atomic E-state index is 0. The zero-order chi connectivity index (χ0) is 9.19. The molecular weight excluding hydrogens is 234 g/mol. The number of aliphatic carboxylic acids is 1. The SMILES string of the molecule is Br.CC(N)(C(=O)O)c1ccccc1. The van der Waals surface area contributed by atoms with Crippen LogP contribution in [-0.4, -0.2) is 11.1 Å². The highest BCUT2D eigenvalue weighted by Crippen LogP contribution is 2.16. The number of halogens is 1. The Hall–Kier alpha value is -0.870. The van der Waals surface area contributed by atoms with E-state index in [1.807, 2.05) is 6.07 Å². The summed E-state index contributed by atoms with van der Waals surface area (Å²) < 4.78 is 0. The Morgan fingerprint density at radius 3 is 2.23 bits per heavy atom. The molecule has 0 aromatic heterocycles. The fourth-order valence-corrected chi connectivity index (χ4v) is 0.908. The second-order valence-electron chi connectivity index (χ2n) is 2.87. The fraction of sp³-hybridized carbons (Fsp3) is 0.222. The molecule has 0 saturated carbocycles. The predicted octanol–water partition coefficient (Wildman–Crippen LogP) is 1.52. The molecule has 4 heteroatoms. The van der Waals surface area contributed by atoms with Gasteiger partial charge in [0.2, 0.25) is 0 Å². The van der Waals surface area contributed by atoms with Gasteiger partial charge >= 0.3 is 5.97 Å². The van der Waals surface area contributed by atoms with Crippen LogP contribution in [0.2, 0.25) is 0 Å². The predicted molar refractivity (Wildman–Crippen MR) is 55.9 cm³/mol. The molecule has 1 unspecified atom stereocenters. The molecule has 0 radical (unpaired) electrons. The first-order chi connectivity index (χ1) is 5.55. The second-order valence-corrected chi connectivity index (χ2v) is 2.87. The molecular formula is C9H12BrNO2. The summed E-state index contributed by atoms with van der Waals surface area (Å²) in [6.45, 7) is 1.48. The monoisotopic (exact) mass is 245 g/mol. The average molecular weight is 246 g/mol. The molecule has 1 aromatic carbocycles. The molecule has 3 nitrogen and oxygen atoms in total. The van der Waals surface area contributed by atoms with Crippen LogP contribution in [0.1, 0.15) is 12.5 Å². The van der Waals surface area contributed by atoms with Gasteiger partial charge in [-0.2, -0.15) is 0 Å². The Morgan fingerprint density at radius 1 is 1.38 bits per heavy atom. The van der Waals surface area contributed by atoms with Crippen molar-refractivity contribution >= 4 is 23.0 Å². The van der Waals surface area contributed by atoms with Crippen molar-refractivity contribution in [3.05, 3.63) is 35.9 Å². The molecule has 3 N–H and O–H groups in total. The zero-order valence-corrected chi connectivity index (χ0v) is 8.94. The molecule has 0 spiro atoms. The number of carboxylic acids is 1. The standard InChI is InChI=1S/C9H11NO2.BrH/c1-9(10,8(11)12)7-5-3-2-4-6-7;/h2-6H,10H2,1H3,(H,11,12);1H. The van der Waals surface area contributed by atoms with Crippen molar-refractivity contribution in [2.24, 2.45) is 5.73 Å². The maximum atomic E-state index is 10.7. The number of carbonyl (C=O) groups is 1. The van der Waals surface area contributed by atoms with E-state index in [2.05, 4.69) is 0 Å². The van der Waals surface area contributed by atoms with Crippen LogP contribution in [0, 0.1) is 0 Å². The lowest BCUT2D eigenvalue weighted by Crippen LogP contribution is -2.41. The van der Waals surface area contributed by atoms with E-state index < -0.39 is 11.5 Å². The number of benzene rings is 1. The molecule has 0 amide bonds. The van der Waals surface area contributed by atoms with Gasteiger partial charge < -0.3 is 10.8 Å². The molecule has 0 heterocycles. The Balaban J connectivity index is 0.00000144. The lowest BCUT2D eigenvalue weighted by Gasteiger charge is -2.18. The van der Waals surface area contributed by atoms with Gasteiger partial charge in [-0.1, -0.05) is 30.3 Å². The van der Waals surface area contributed by atoms with Gasteiger partial charge in [0.05, 0.1) is 0 Å². The van der Waals surface area contributed by atoms with E-state index >= 15 is 0 Å². The summed E-state index contributed by atoms with van der Waals surface area (Å²) >= 11 is 0. The third-order valence-electron chi connectivity index (χ3n) is 1.82. The van der Waals surface area contributed by atoms with E-state index in [0.29, 0.717) is 5.56 Å². The van der Waals surface area contributed by atoms with Crippen LogP contribution < -0.4 is 5.73 Å². The van der Waals surface area contributed by atoms with Crippen molar-refractivity contribution in [1.82, 2.24) is 0 Å². The first-order valence-electron chi connectivity index (χ1n) is 3.63. The van der Waals surface area contributed by atoms with Crippen LogP contribution in [0.15, 0.2) is 30.3 Å². The van der Waals surface area contributed by atoms with Crippen LogP contribution in [0.3, 0.4) is 0 Å². The molecule has 0 saturated heterocycles. The molecule has 0 fully saturated rings. The quantitative estimate of drug-likeness (QED) is 0.831. The normalized spacial score (nSPS) is 14.0. The van der Waals surface area contributed by atoms with Gasteiger partial charge in [-0.05, 0) is 12.5 Å². The zero-order valence-electron chi connectivity index (χ0n) is 7.23. The number of nitrogens with two attached hydrogens (primary N) is 1. The largest absolute Gasteiger partial charge is 0.480 e. The van der Waals surface area contributed by atoms with E-state index in [0.717, 1.165) is 0 Å². The number of hydrogen-bond donors (Lipinski definition) is 2. The highest BCUT2D eigenvalue weighted by molar-refractivity contribution is 8.93. The third kappa shape index (κ3) is 2.54. The molecule has 0 aliphatic heterocycles. The van der Waals surface area contributed by atoms with Crippen molar-refractivity contribution < 1.29 is 9.90 Å². The number of rotatable bonds is 2. The lowest BCUT2D eigenvalue weighted by atomic mass is 9.94. The summed E-state index contributed by atoms with van der Waals surface area (Å²) in [6.07, 6.45) is 0. The van der Waals surface area contributed by atoms with E-state index in [1.165, 1.54) is 6.92 Å². The minimum atomic E-state index is -1.29. The van der Waals surface area contributed by atoms with Crippen molar-refractivity contribution in [3.63, 3.8) is 0 Å². The van der Waals surface area contributed by atoms with Gasteiger partial charge in [0.15, 0.2) is 0 Å². The van der Waals surface area contributed by atoms with Crippen molar-refractivity contribution in [2.45, 2.75) is 12.5 Å². The smallest absolute Gasteiger partial charge is 0.328 e. The second kappa shape index (κ2) is 4.39. The van der Waals surface area contributed by atoms with Gasteiger partial charge in [0.1, 0.15) is 5.54 Å². The Morgan fingerprint density at radius 2 is 1.85 bits per heavy atom. The fourth-order valence-electron chi connectivity index (χ4n) is 0.908. The van der Waals surface area contributed by atoms with Gasteiger partial charge in [-0.15, -0.1) is 17.0 Å². The summed E-state index contributed by atoms with van der Waals surface area (Å²) in [6, 6.07) is 8.76. The van der Waals surface area contributed by atoms with Gasteiger partial charge in [-0.25, -0.2) is 4.79 Å². The van der Waals surface area contributed by atoms with Crippen LogP contribution in [0.5, 0.6) is 0 Å². The minimum Gasteiger partial charge on any atom is -0.480 e. The van der Waals surface area contributed by atoms with E-state index in [1.54, 1.807) is 24.3 Å². The Kier molecular flexibility index (Phi) is 4.10. The van der Waals surface area contributed by atoms with Crippen LogP contribution in [0.4, 0.5) is 0 Å². The van der Waals surface area contributed by atoms with Crippen molar-refractivity contribution in [3.8, 4) is 0 Å². The number of hydrogen-bond acceptors (Lipinski definition) is 2. The average Bonchev–Trinajstić information content (AvgIpc) is 2.06. The maximum Gasteiger partial charge on any atom is 0.328 e. The highest BCUT2D eigenvalue weighted by atomic mass is 79.9. The highest BCUT2D eigenvalue weighted by Gasteiger charge is 2.29. The molecule has 1 aromatic rings. The van der Waals surface area contributed by atoms with Gasteiger partial charge in [0.25, 0.3) is 0 Å². The van der Waals surface area contributed by atoms with Gasteiger partial charge in [-0.3, -0.25) is 0 Å². The summed E-state index contributed by atoms with van der Waals surface area (Å²) in [4.78, 5) is 10.7.